The van der Waals surface area contributed by atoms with Gasteiger partial charge in [0.05, 0.1) is 19.9 Å². The Bertz CT molecular complexity index is 1170. The van der Waals surface area contributed by atoms with Crippen LogP contribution >= 0.6 is 7.71 Å². The highest BCUT2D eigenvalue weighted by molar-refractivity contribution is 7.66. The van der Waals surface area contributed by atoms with Gasteiger partial charge in [-0.2, -0.15) is 5.10 Å². The molecule has 0 saturated carbocycles. The SMILES string of the molecule is Cc1ccccc1Cn1nc(C(=O)/N=[PH]2\COc3ccccc3N(C)C2=O)cc1C. The van der Waals surface area contributed by atoms with Crippen molar-refractivity contribution in [2.45, 2.75) is 20.4 Å². The van der Waals surface area contributed by atoms with Crippen molar-refractivity contribution in [1.82, 2.24) is 9.78 Å². The highest BCUT2D eigenvalue weighted by Crippen LogP contribution is 2.40. The molecule has 1 aromatic heterocycles. The Hall–Kier alpha value is -3.18. The van der Waals surface area contributed by atoms with Gasteiger partial charge in [-0.3, -0.25) is 14.3 Å². The van der Waals surface area contributed by atoms with Gasteiger partial charge >= 0.3 is 0 Å². The van der Waals surface area contributed by atoms with E-state index < -0.39 is 13.6 Å². The molecule has 30 heavy (non-hydrogen) atoms. The molecule has 2 heterocycles. The van der Waals surface area contributed by atoms with Gasteiger partial charge in [-0.25, -0.2) is 4.74 Å². The van der Waals surface area contributed by atoms with Crippen LogP contribution in [0.15, 0.2) is 59.3 Å². The summed E-state index contributed by atoms with van der Waals surface area (Å²) >= 11 is 0. The first-order valence-corrected chi connectivity index (χ1v) is 11.3. The van der Waals surface area contributed by atoms with E-state index in [1.807, 2.05) is 62.4 Å². The number of nitrogens with zero attached hydrogens (tertiary/aromatic N) is 4. The zero-order valence-electron chi connectivity index (χ0n) is 17.1. The fourth-order valence-corrected chi connectivity index (χ4v) is 4.79. The second kappa shape index (κ2) is 8.28. The molecular weight excluding hydrogens is 399 g/mol. The molecule has 4 rings (SSSR count). The van der Waals surface area contributed by atoms with Crippen LogP contribution in [0.25, 0.3) is 0 Å². The summed E-state index contributed by atoms with van der Waals surface area (Å²) in [6.07, 6.45) is 0.111. The van der Waals surface area contributed by atoms with Gasteiger partial charge in [-0.15, -0.1) is 0 Å². The molecule has 0 fully saturated rings. The van der Waals surface area contributed by atoms with Crippen molar-refractivity contribution in [1.29, 1.82) is 0 Å². The number of hydrogen-bond acceptors (Lipinski definition) is 4. The molecule has 0 saturated heterocycles. The maximum Gasteiger partial charge on any atom is 0.296 e. The standard InChI is InChI=1S/C22H23N4O3P/c1-15-8-4-5-9-17(15)13-26-16(2)12-18(23-26)21(27)24-30-14-29-20-11-7-6-10-19(20)25(3)22(30)28/h4-12,30H,13-14H2,1-3H3. The van der Waals surface area contributed by atoms with Crippen LogP contribution in [0.4, 0.5) is 10.5 Å². The lowest BCUT2D eigenvalue weighted by molar-refractivity contribution is 0.0999. The van der Waals surface area contributed by atoms with Gasteiger partial charge in [0.2, 0.25) is 0 Å². The fourth-order valence-electron chi connectivity index (χ4n) is 3.35. The molecule has 1 aliphatic rings. The third-order valence-corrected chi connectivity index (χ3v) is 6.88. The van der Waals surface area contributed by atoms with Crippen LogP contribution in [0.3, 0.4) is 0 Å². The third kappa shape index (κ3) is 3.94. The van der Waals surface area contributed by atoms with Crippen LogP contribution in [-0.4, -0.2) is 34.7 Å². The van der Waals surface area contributed by atoms with E-state index in [1.54, 1.807) is 17.8 Å². The van der Waals surface area contributed by atoms with E-state index in [4.69, 9.17) is 4.74 Å². The van der Waals surface area contributed by atoms with Crippen molar-refractivity contribution >= 4 is 25.0 Å². The third-order valence-electron chi connectivity index (χ3n) is 5.16. The summed E-state index contributed by atoms with van der Waals surface area (Å²) in [4.78, 5) is 27.2. The molecule has 1 unspecified atom stereocenters. The molecule has 2 amide bonds. The molecule has 8 heteroatoms. The van der Waals surface area contributed by atoms with Gasteiger partial charge in [0, 0.05) is 12.7 Å². The summed E-state index contributed by atoms with van der Waals surface area (Å²) in [5, 5.41) is 4.44. The topological polar surface area (TPSA) is 76.8 Å². The van der Waals surface area contributed by atoms with E-state index in [0.717, 1.165) is 11.3 Å². The predicted molar refractivity (Wildman–Crippen MR) is 118 cm³/mol. The van der Waals surface area contributed by atoms with Crippen LogP contribution in [0, 0.1) is 13.8 Å². The second-order valence-electron chi connectivity index (χ2n) is 7.24. The molecule has 3 aromatic rings. The molecule has 1 aliphatic heterocycles. The van der Waals surface area contributed by atoms with Crippen LogP contribution in [-0.2, 0) is 6.54 Å². The molecule has 0 spiro atoms. The predicted octanol–water partition coefficient (Wildman–Crippen LogP) is 4.69. The quantitative estimate of drug-likeness (QED) is 0.574. The summed E-state index contributed by atoms with van der Waals surface area (Å²) in [7, 11) is -0.418. The Morgan fingerprint density at radius 1 is 1.17 bits per heavy atom. The number of carbonyl (C=O) groups is 2. The van der Waals surface area contributed by atoms with Crippen molar-refractivity contribution < 1.29 is 14.3 Å². The number of benzene rings is 2. The molecule has 0 radical (unpaired) electrons. The minimum atomic E-state index is -2.10. The average molecular weight is 422 g/mol. The molecule has 0 N–H and O–H groups in total. The Morgan fingerprint density at radius 2 is 1.90 bits per heavy atom. The number of aryl methyl sites for hydroxylation is 2. The Labute approximate surface area is 175 Å². The Balaban J connectivity index is 1.57. The minimum Gasteiger partial charge on any atom is -0.485 e. The highest BCUT2D eigenvalue weighted by atomic mass is 31.1. The molecule has 1 atom stereocenters. The minimum absolute atomic E-state index is 0.111. The number of aromatic nitrogens is 2. The molecule has 0 aliphatic carbocycles. The summed E-state index contributed by atoms with van der Waals surface area (Å²) in [6, 6.07) is 17.1. The number of hydrogen-bond donors (Lipinski definition) is 0. The first-order valence-electron chi connectivity index (χ1n) is 9.65. The van der Waals surface area contributed by atoms with Crippen LogP contribution in [0.1, 0.15) is 27.3 Å². The average Bonchev–Trinajstić information content (AvgIpc) is 3.07. The monoisotopic (exact) mass is 422 g/mol. The zero-order chi connectivity index (χ0) is 21.3. The summed E-state index contributed by atoms with van der Waals surface area (Å²) < 4.78 is 11.8. The van der Waals surface area contributed by atoms with E-state index in [-0.39, 0.29) is 17.7 Å². The lowest BCUT2D eigenvalue weighted by Crippen LogP contribution is -2.20. The molecule has 7 nitrogen and oxygen atoms in total. The van der Waals surface area contributed by atoms with E-state index in [9.17, 15) is 9.59 Å². The largest absolute Gasteiger partial charge is 0.485 e. The van der Waals surface area contributed by atoms with E-state index >= 15 is 0 Å². The van der Waals surface area contributed by atoms with Gasteiger partial charge in [-0.05, 0) is 43.2 Å². The maximum atomic E-state index is 12.8. The normalized spacial score (nSPS) is 16.2. The summed E-state index contributed by atoms with van der Waals surface area (Å²) in [5.74, 6) is 0.140. The van der Waals surface area contributed by atoms with E-state index in [2.05, 4.69) is 9.84 Å². The molecule has 154 valence electrons. The van der Waals surface area contributed by atoms with Crippen LogP contribution in [0.2, 0.25) is 0 Å². The summed E-state index contributed by atoms with van der Waals surface area (Å²) in [6.45, 7) is 4.52. The lowest BCUT2D eigenvalue weighted by atomic mass is 10.1. The second-order valence-corrected chi connectivity index (χ2v) is 9.07. The van der Waals surface area contributed by atoms with Crippen molar-refractivity contribution in [3.8, 4) is 5.75 Å². The van der Waals surface area contributed by atoms with E-state index in [1.165, 1.54) is 10.5 Å². The number of ether oxygens (including phenoxy) is 1. The van der Waals surface area contributed by atoms with E-state index in [0.29, 0.717) is 18.0 Å². The first-order chi connectivity index (χ1) is 14.4. The molecule has 2 aromatic carbocycles. The van der Waals surface area contributed by atoms with Gasteiger partial charge < -0.3 is 9.64 Å². The molecule has 0 bridgehead atoms. The number of anilines is 1. The van der Waals surface area contributed by atoms with Crippen molar-refractivity contribution in [2.24, 2.45) is 4.74 Å². The Kier molecular flexibility index (Phi) is 5.55. The highest BCUT2D eigenvalue weighted by Gasteiger charge is 2.25. The van der Waals surface area contributed by atoms with Crippen molar-refractivity contribution in [3.05, 3.63) is 77.1 Å². The Morgan fingerprint density at radius 3 is 2.70 bits per heavy atom. The smallest absolute Gasteiger partial charge is 0.296 e. The molecular formula is C22H23N4O3P. The maximum absolute atomic E-state index is 12.8. The fraction of sp³-hybridized carbons (Fsp3) is 0.227. The van der Waals surface area contributed by atoms with Gasteiger partial charge in [0.25, 0.3) is 11.6 Å². The first kappa shape index (κ1) is 20.1. The lowest BCUT2D eigenvalue weighted by Gasteiger charge is -2.15. The van der Waals surface area contributed by atoms with Crippen molar-refractivity contribution in [3.63, 3.8) is 0 Å². The summed E-state index contributed by atoms with van der Waals surface area (Å²) in [5.41, 5.74) is 3.91. The number of carbonyl (C=O) groups excluding carboxylic acids is 2. The van der Waals surface area contributed by atoms with Gasteiger partial charge in [0.15, 0.2) is 5.69 Å². The van der Waals surface area contributed by atoms with Gasteiger partial charge in [-0.1, -0.05) is 36.4 Å². The number of amides is 2. The number of rotatable bonds is 3. The number of fused-ring (bicyclic) bond motifs is 1. The van der Waals surface area contributed by atoms with Crippen molar-refractivity contribution in [2.75, 3.05) is 18.3 Å². The van der Waals surface area contributed by atoms with Crippen LogP contribution in [0.5, 0.6) is 5.75 Å². The zero-order valence-corrected chi connectivity index (χ0v) is 18.1. The van der Waals surface area contributed by atoms with Crippen LogP contribution < -0.4 is 9.64 Å². The van der Waals surface area contributed by atoms with Gasteiger partial charge in [0.1, 0.15) is 12.1 Å². The number of para-hydroxylation sites is 2.